The number of anilines is 1. The monoisotopic (exact) mass is 422 g/mol. The number of amides is 1. The van der Waals surface area contributed by atoms with E-state index in [1.54, 1.807) is 49.3 Å². The van der Waals surface area contributed by atoms with E-state index in [2.05, 4.69) is 25.6 Å². The van der Waals surface area contributed by atoms with E-state index in [1.807, 2.05) is 24.3 Å². The van der Waals surface area contributed by atoms with Crippen LogP contribution < -0.4 is 14.8 Å². The highest BCUT2D eigenvalue weighted by atomic mass is 32.2. The lowest BCUT2D eigenvalue weighted by Gasteiger charge is -2.11. The number of aromatic nitrogens is 5. The molecule has 30 heavy (non-hydrogen) atoms. The Hall–Kier alpha value is -3.66. The van der Waals surface area contributed by atoms with Gasteiger partial charge in [-0.1, -0.05) is 11.8 Å². The topological polar surface area (TPSA) is 104 Å². The maximum atomic E-state index is 12.5. The number of ether oxygens (including phenoxy) is 2. The van der Waals surface area contributed by atoms with Crippen molar-refractivity contribution in [3.63, 3.8) is 0 Å². The zero-order chi connectivity index (χ0) is 20.9. The highest BCUT2D eigenvalue weighted by Crippen LogP contribution is 2.29. The van der Waals surface area contributed by atoms with Crippen molar-refractivity contribution in [1.29, 1.82) is 0 Å². The normalized spacial score (nSPS) is 10.7. The molecule has 0 unspecified atom stereocenters. The lowest BCUT2D eigenvalue weighted by atomic mass is 10.2. The first-order valence-corrected chi connectivity index (χ1v) is 9.94. The molecule has 0 aliphatic carbocycles. The molecule has 3 heterocycles. The second-order valence-corrected chi connectivity index (χ2v) is 7.10. The quantitative estimate of drug-likeness (QED) is 0.454. The van der Waals surface area contributed by atoms with Crippen LogP contribution in [-0.4, -0.2) is 50.7 Å². The predicted octanol–water partition coefficient (Wildman–Crippen LogP) is 2.93. The van der Waals surface area contributed by atoms with Crippen molar-refractivity contribution < 1.29 is 14.3 Å². The molecule has 0 radical (unpaired) electrons. The Morgan fingerprint density at radius 1 is 1.07 bits per heavy atom. The summed E-state index contributed by atoms with van der Waals surface area (Å²) in [5.74, 6) is 1.78. The minimum Gasteiger partial charge on any atom is -0.497 e. The lowest BCUT2D eigenvalue weighted by molar-refractivity contribution is -0.113. The molecule has 1 N–H and O–H groups in total. The second-order valence-electron chi connectivity index (χ2n) is 6.10. The molecule has 10 heteroatoms. The van der Waals surface area contributed by atoms with Crippen LogP contribution in [0.1, 0.15) is 0 Å². The Kier molecular flexibility index (Phi) is 5.75. The fourth-order valence-corrected chi connectivity index (χ4v) is 3.42. The molecule has 0 fully saturated rings. The van der Waals surface area contributed by atoms with E-state index >= 15 is 0 Å². The number of methoxy groups -OCH3 is 2. The molecule has 0 aliphatic rings. The first kappa shape index (κ1) is 19.6. The Balaban J connectivity index is 1.48. The number of hydrogen-bond acceptors (Lipinski definition) is 8. The van der Waals surface area contributed by atoms with Gasteiger partial charge in [0.1, 0.15) is 16.5 Å². The summed E-state index contributed by atoms with van der Waals surface area (Å²) in [6.07, 6.45) is 3.37. The summed E-state index contributed by atoms with van der Waals surface area (Å²) >= 11 is 1.31. The van der Waals surface area contributed by atoms with Crippen LogP contribution in [0.3, 0.4) is 0 Å². The van der Waals surface area contributed by atoms with Crippen molar-refractivity contribution in [1.82, 2.24) is 24.8 Å². The van der Waals surface area contributed by atoms with Crippen LogP contribution in [-0.2, 0) is 4.79 Å². The van der Waals surface area contributed by atoms with Crippen LogP contribution in [0.5, 0.6) is 11.5 Å². The average Bonchev–Trinajstić information content (AvgIpc) is 3.21. The van der Waals surface area contributed by atoms with E-state index in [0.717, 1.165) is 5.56 Å². The van der Waals surface area contributed by atoms with E-state index in [1.165, 1.54) is 11.8 Å². The average molecular weight is 422 g/mol. The third-order valence-electron chi connectivity index (χ3n) is 4.21. The van der Waals surface area contributed by atoms with Gasteiger partial charge in [-0.25, -0.2) is 0 Å². The molecule has 1 aromatic carbocycles. The van der Waals surface area contributed by atoms with Crippen LogP contribution in [0.25, 0.3) is 17.0 Å². The fraction of sp³-hybridized carbons (Fsp3) is 0.150. The Bertz CT molecular complexity index is 1180. The van der Waals surface area contributed by atoms with Gasteiger partial charge in [-0.15, -0.1) is 10.2 Å². The van der Waals surface area contributed by atoms with Crippen molar-refractivity contribution in [2.75, 3.05) is 25.3 Å². The van der Waals surface area contributed by atoms with Gasteiger partial charge in [0.2, 0.25) is 5.91 Å². The third kappa shape index (κ3) is 4.18. The van der Waals surface area contributed by atoms with Crippen LogP contribution in [0.4, 0.5) is 5.69 Å². The molecule has 9 nitrogen and oxygen atoms in total. The van der Waals surface area contributed by atoms with Gasteiger partial charge in [-0.05, 0) is 36.4 Å². The second kappa shape index (κ2) is 8.78. The van der Waals surface area contributed by atoms with Gasteiger partial charge in [0, 0.05) is 24.0 Å². The number of rotatable bonds is 7. The number of benzene rings is 1. The van der Waals surface area contributed by atoms with Gasteiger partial charge >= 0.3 is 0 Å². The molecular formula is C20H18N6O3S. The number of hydrogen-bond donors (Lipinski definition) is 1. The third-order valence-corrected chi connectivity index (χ3v) is 5.13. The minimum absolute atomic E-state index is 0.172. The molecule has 152 valence electrons. The number of fused-ring (bicyclic) bond motifs is 1. The maximum absolute atomic E-state index is 12.5. The van der Waals surface area contributed by atoms with Gasteiger partial charge in [-0.3, -0.25) is 9.78 Å². The molecule has 4 aromatic rings. The number of nitrogens with zero attached hydrogens (tertiary/aromatic N) is 5. The number of carbonyl (C=O) groups is 1. The van der Waals surface area contributed by atoms with Gasteiger partial charge in [0.25, 0.3) is 0 Å². The molecule has 0 saturated heterocycles. The smallest absolute Gasteiger partial charge is 0.234 e. The van der Waals surface area contributed by atoms with Gasteiger partial charge in [-0.2, -0.15) is 9.61 Å². The summed E-state index contributed by atoms with van der Waals surface area (Å²) in [6.45, 7) is 0. The number of carbonyl (C=O) groups excluding carboxylic acids is 1. The van der Waals surface area contributed by atoms with Gasteiger partial charge in [0.15, 0.2) is 11.5 Å². The highest BCUT2D eigenvalue weighted by molar-refractivity contribution is 7.99. The molecule has 0 bridgehead atoms. The maximum Gasteiger partial charge on any atom is 0.234 e. The molecular weight excluding hydrogens is 404 g/mol. The minimum atomic E-state index is -0.188. The summed E-state index contributed by atoms with van der Waals surface area (Å²) in [5.41, 5.74) is 2.02. The molecule has 0 atom stereocenters. The predicted molar refractivity (Wildman–Crippen MR) is 113 cm³/mol. The SMILES string of the molecule is COc1ccc(OC)c(NC(=O)CSc2ccc3nnc(-c4ccncc4)n3n2)c1. The van der Waals surface area contributed by atoms with Gasteiger partial charge in [0.05, 0.1) is 25.7 Å². The Morgan fingerprint density at radius 3 is 2.67 bits per heavy atom. The number of pyridine rings is 1. The van der Waals surface area contributed by atoms with Crippen molar-refractivity contribution in [3.05, 3.63) is 54.9 Å². The molecule has 0 aliphatic heterocycles. The zero-order valence-electron chi connectivity index (χ0n) is 16.3. The standard InChI is InChI=1S/C20H18N6O3S/c1-28-14-3-4-16(29-2)15(11-14)22-18(27)12-30-19-6-5-17-23-24-20(26(17)25-19)13-7-9-21-10-8-13/h3-11H,12H2,1-2H3,(H,22,27). The van der Waals surface area contributed by atoms with E-state index in [4.69, 9.17) is 9.47 Å². The summed E-state index contributed by atoms with van der Waals surface area (Å²) in [7, 11) is 3.11. The van der Waals surface area contributed by atoms with E-state index in [9.17, 15) is 4.79 Å². The molecule has 3 aromatic heterocycles. The van der Waals surface area contributed by atoms with Crippen LogP contribution in [0, 0.1) is 0 Å². The van der Waals surface area contributed by atoms with Crippen molar-refractivity contribution in [2.24, 2.45) is 0 Å². The summed E-state index contributed by atoms with van der Waals surface area (Å²) in [6, 6.07) is 12.5. The van der Waals surface area contributed by atoms with Crippen LogP contribution in [0.2, 0.25) is 0 Å². The van der Waals surface area contributed by atoms with Gasteiger partial charge < -0.3 is 14.8 Å². The Morgan fingerprint density at radius 2 is 1.90 bits per heavy atom. The number of nitrogens with one attached hydrogen (secondary N) is 1. The van der Waals surface area contributed by atoms with Crippen LogP contribution >= 0.6 is 11.8 Å². The number of thioether (sulfide) groups is 1. The highest BCUT2D eigenvalue weighted by Gasteiger charge is 2.13. The first-order valence-electron chi connectivity index (χ1n) is 8.95. The van der Waals surface area contributed by atoms with E-state index in [0.29, 0.717) is 33.7 Å². The molecule has 1 amide bonds. The summed E-state index contributed by atoms with van der Waals surface area (Å²) < 4.78 is 12.2. The molecule has 0 spiro atoms. The molecule has 0 saturated carbocycles. The zero-order valence-corrected chi connectivity index (χ0v) is 17.1. The fourth-order valence-electron chi connectivity index (χ4n) is 2.77. The van der Waals surface area contributed by atoms with E-state index < -0.39 is 0 Å². The largest absolute Gasteiger partial charge is 0.497 e. The van der Waals surface area contributed by atoms with E-state index in [-0.39, 0.29) is 11.7 Å². The lowest BCUT2D eigenvalue weighted by Crippen LogP contribution is -2.15. The van der Waals surface area contributed by atoms with Crippen molar-refractivity contribution in [3.8, 4) is 22.9 Å². The molecule has 4 rings (SSSR count). The Labute approximate surface area is 176 Å². The summed E-state index contributed by atoms with van der Waals surface area (Å²) in [4.78, 5) is 16.5. The summed E-state index contributed by atoms with van der Waals surface area (Å²) in [5, 5.41) is 16.4. The van der Waals surface area contributed by atoms with Crippen molar-refractivity contribution >= 4 is 29.0 Å². The first-order chi connectivity index (χ1) is 14.7. The van der Waals surface area contributed by atoms with Crippen molar-refractivity contribution in [2.45, 2.75) is 5.03 Å². The van der Waals surface area contributed by atoms with Crippen LogP contribution in [0.15, 0.2) is 59.9 Å².